The molecule has 6 heteroatoms. The van der Waals surface area contributed by atoms with Gasteiger partial charge in [0.15, 0.2) is 5.65 Å². The quantitative estimate of drug-likeness (QED) is 0.694. The third-order valence-corrected chi connectivity index (χ3v) is 4.26. The van der Waals surface area contributed by atoms with Gasteiger partial charge in [0.25, 0.3) is 0 Å². The summed E-state index contributed by atoms with van der Waals surface area (Å²) in [6.07, 6.45) is 6.03. The fourth-order valence-corrected chi connectivity index (χ4v) is 3.15. The van der Waals surface area contributed by atoms with E-state index in [9.17, 15) is 0 Å². The van der Waals surface area contributed by atoms with E-state index < -0.39 is 0 Å². The molecule has 0 radical (unpaired) electrons. The van der Waals surface area contributed by atoms with Gasteiger partial charge in [0.05, 0.1) is 18.2 Å². The summed E-state index contributed by atoms with van der Waals surface area (Å²) in [5.41, 5.74) is 11.6. The van der Waals surface area contributed by atoms with Crippen molar-refractivity contribution in [1.82, 2.24) is 9.38 Å². The Kier molecular flexibility index (Phi) is 4.70. The van der Waals surface area contributed by atoms with E-state index in [0.29, 0.717) is 24.5 Å². The molecule has 0 aliphatic heterocycles. The van der Waals surface area contributed by atoms with Gasteiger partial charge in [-0.1, -0.05) is 23.7 Å². The largest absolute Gasteiger partial charge is 0.381 e. The first kappa shape index (κ1) is 16.3. The Balaban J connectivity index is 2.22. The average Bonchev–Trinajstić information content (AvgIpc) is 3.03. The Morgan fingerprint density at radius 3 is 2.92 bits per heavy atom. The number of halogens is 1. The molecule has 3 aromatic rings. The van der Waals surface area contributed by atoms with Crippen LogP contribution in [0.1, 0.15) is 17.5 Å². The van der Waals surface area contributed by atoms with Gasteiger partial charge in [-0.05, 0) is 18.6 Å². The number of nitrogens with two attached hydrogens (primary N) is 1. The van der Waals surface area contributed by atoms with Crippen LogP contribution < -0.4 is 11.1 Å². The summed E-state index contributed by atoms with van der Waals surface area (Å²) in [6, 6.07) is 8.12. The van der Waals surface area contributed by atoms with E-state index in [1.165, 1.54) is 0 Å². The minimum atomic E-state index is 0.345. The van der Waals surface area contributed by atoms with E-state index in [2.05, 4.69) is 16.4 Å². The van der Waals surface area contributed by atoms with Crippen LogP contribution in [0.2, 0.25) is 5.02 Å². The zero-order chi connectivity index (χ0) is 17.1. The molecular weight excluding hydrogens is 322 g/mol. The summed E-state index contributed by atoms with van der Waals surface area (Å²) in [7, 11) is 0. The zero-order valence-corrected chi connectivity index (χ0v) is 14.1. The molecule has 0 atom stereocenters. The molecule has 5 nitrogen and oxygen atoms in total. The summed E-state index contributed by atoms with van der Waals surface area (Å²) < 4.78 is 1.94. The maximum absolute atomic E-state index is 8.79. The fraction of sp³-hybridized carbons (Fsp3) is 0.222. The lowest BCUT2D eigenvalue weighted by molar-refractivity contribution is 1.02. The van der Waals surface area contributed by atoms with Gasteiger partial charge in [0.2, 0.25) is 0 Å². The van der Waals surface area contributed by atoms with Crippen molar-refractivity contribution in [2.24, 2.45) is 5.73 Å². The minimum Gasteiger partial charge on any atom is -0.381 e. The molecule has 1 aromatic carbocycles. The first-order valence-corrected chi connectivity index (χ1v) is 8.09. The fourth-order valence-electron chi connectivity index (χ4n) is 2.81. The molecule has 24 heavy (non-hydrogen) atoms. The van der Waals surface area contributed by atoms with Crippen LogP contribution in [0.15, 0.2) is 36.8 Å². The number of nitriles is 1. The molecule has 2 heterocycles. The maximum Gasteiger partial charge on any atom is 0.160 e. The molecule has 0 fully saturated rings. The molecule has 3 N–H and O–H groups in total. The number of hydrogen-bond donors (Lipinski definition) is 2. The van der Waals surface area contributed by atoms with Crippen molar-refractivity contribution < 1.29 is 0 Å². The predicted molar refractivity (Wildman–Crippen MR) is 97.0 cm³/mol. The van der Waals surface area contributed by atoms with Crippen molar-refractivity contribution >= 4 is 22.9 Å². The van der Waals surface area contributed by atoms with Crippen molar-refractivity contribution in [2.75, 3.05) is 11.9 Å². The van der Waals surface area contributed by atoms with Crippen molar-refractivity contribution in [3.05, 3.63) is 52.9 Å². The van der Waals surface area contributed by atoms with Crippen LogP contribution in [0.5, 0.6) is 0 Å². The summed E-state index contributed by atoms with van der Waals surface area (Å²) >= 11 is 6.47. The molecule has 0 saturated carbocycles. The second-order valence-electron chi connectivity index (χ2n) is 5.58. The standard InChI is InChI=1S/C18H18ClN5/c1-12-3-4-13(16(19)9-12)15-11-24-8-7-23-18(24)17(14(15)10-21)22-6-2-5-20/h3-4,7-9,11,22H,2,6,10,21H2,1H3. The molecule has 2 aromatic heterocycles. The maximum atomic E-state index is 8.79. The average molecular weight is 340 g/mol. The Hall–Kier alpha value is -2.55. The van der Waals surface area contributed by atoms with Gasteiger partial charge in [0.1, 0.15) is 0 Å². The topological polar surface area (TPSA) is 79.1 Å². The van der Waals surface area contributed by atoms with Gasteiger partial charge in [-0.3, -0.25) is 0 Å². The van der Waals surface area contributed by atoms with Crippen LogP contribution >= 0.6 is 11.6 Å². The lowest BCUT2D eigenvalue weighted by atomic mass is 9.99. The number of anilines is 1. The Morgan fingerprint density at radius 2 is 2.21 bits per heavy atom. The SMILES string of the molecule is Cc1ccc(-c2cn3ccnc3c(NCCC#N)c2CN)c(Cl)c1. The van der Waals surface area contributed by atoms with Gasteiger partial charge in [-0.2, -0.15) is 5.26 Å². The van der Waals surface area contributed by atoms with Crippen LogP contribution in [0, 0.1) is 18.3 Å². The molecule has 0 bridgehead atoms. The third kappa shape index (κ3) is 2.94. The molecule has 0 unspecified atom stereocenters. The monoisotopic (exact) mass is 339 g/mol. The highest BCUT2D eigenvalue weighted by atomic mass is 35.5. The minimum absolute atomic E-state index is 0.345. The van der Waals surface area contributed by atoms with Crippen LogP contribution in [0.25, 0.3) is 16.8 Å². The zero-order valence-electron chi connectivity index (χ0n) is 13.4. The van der Waals surface area contributed by atoms with E-state index >= 15 is 0 Å². The highest BCUT2D eigenvalue weighted by Gasteiger charge is 2.16. The van der Waals surface area contributed by atoms with Gasteiger partial charge in [-0.15, -0.1) is 0 Å². The van der Waals surface area contributed by atoms with E-state index in [4.69, 9.17) is 22.6 Å². The molecule has 0 aliphatic carbocycles. The number of aromatic nitrogens is 2. The number of rotatable bonds is 5. The van der Waals surface area contributed by atoms with Crippen molar-refractivity contribution in [2.45, 2.75) is 19.9 Å². The second kappa shape index (κ2) is 6.91. The number of hydrogen-bond acceptors (Lipinski definition) is 4. The molecular formula is C18H18ClN5. The first-order chi connectivity index (χ1) is 11.7. The molecule has 0 spiro atoms. The highest BCUT2D eigenvalue weighted by molar-refractivity contribution is 6.33. The summed E-state index contributed by atoms with van der Waals surface area (Å²) in [4.78, 5) is 4.41. The lowest BCUT2D eigenvalue weighted by Crippen LogP contribution is -2.10. The number of benzene rings is 1. The van der Waals surface area contributed by atoms with Gasteiger partial charge in [0, 0.05) is 53.4 Å². The van der Waals surface area contributed by atoms with E-state index in [0.717, 1.165) is 33.6 Å². The lowest BCUT2D eigenvalue weighted by Gasteiger charge is -2.17. The van der Waals surface area contributed by atoms with Gasteiger partial charge in [-0.25, -0.2) is 4.98 Å². The summed E-state index contributed by atoms with van der Waals surface area (Å²) in [5.74, 6) is 0. The highest BCUT2D eigenvalue weighted by Crippen LogP contribution is 2.36. The number of nitrogens with zero attached hydrogens (tertiary/aromatic N) is 3. The number of aryl methyl sites for hydroxylation is 1. The number of fused-ring (bicyclic) bond motifs is 1. The summed E-state index contributed by atoms with van der Waals surface area (Å²) in [6.45, 7) is 2.89. The third-order valence-electron chi connectivity index (χ3n) is 3.94. The molecule has 3 rings (SSSR count). The molecule has 122 valence electrons. The molecule has 0 aliphatic rings. The van der Waals surface area contributed by atoms with E-state index in [-0.39, 0.29) is 0 Å². The van der Waals surface area contributed by atoms with Crippen LogP contribution in [0.3, 0.4) is 0 Å². The van der Waals surface area contributed by atoms with E-state index in [1.807, 2.05) is 41.9 Å². The van der Waals surface area contributed by atoms with Crippen LogP contribution in [0.4, 0.5) is 5.69 Å². The van der Waals surface area contributed by atoms with Gasteiger partial charge < -0.3 is 15.5 Å². The number of imidazole rings is 1. The van der Waals surface area contributed by atoms with Gasteiger partial charge >= 0.3 is 0 Å². The Labute approximate surface area is 145 Å². The van der Waals surface area contributed by atoms with Crippen LogP contribution in [-0.2, 0) is 6.54 Å². The van der Waals surface area contributed by atoms with Crippen molar-refractivity contribution in [3.63, 3.8) is 0 Å². The van der Waals surface area contributed by atoms with E-state index in [1.54, 1.807) is 6.20 Å². The molecule has 0 amide bonds. The molecule has 0 saturated heterocycles. The predicted octanol–water partition coefficient (Wildman–Crippen LogP) is 3.75. The second-order valence-corrected chi connectivity index (χ2v) is 5.98. The smallest absolute Gasteiger partial charge is 0.160 e. The van der Waals surface area contributed by atoms with Crippen LogP contribution in [-0.4, -0.2) is 15.9 Å². The van der Waals surface area contributed by atoms with Crippen molar-refractivity contribution in [1.29, 1.82) is 5.26 Å². The normalized spacial score (nSPS) is 10.8. The Bertz CT molecular complexity index is 923. The first-order valence-electron chi connectivity index (χ1n) is 7.71. The van der Waals surface area contributed by atoms with Crippen molar-refractivity contribution in [3.8, 4) is 17.2 Å². The Morgan fingerprint density at radius 1 is 1.38 bits per heavy atom. The summed E-state index contributed by atoms with van der Waals surface area (Å²) in [5, 5.41) is 12.8. The number of pyridine rings is 1. The number of nitrogens with one attached hydrogen (secondary N) is 1.